The Bertz CT molecular complexity index is 588. The summed E-state index contributed by atoms with van der Waals surface area (Å²) < 4.78 is 0. The molecular weight excluding hydrogens is 336 g/mol. The van der Waals surface area contributed by atoms with Gasteiger partial charge in [0.05, 0.1) is 12.2 Å². The molecule has 4 saturated carbocycles. The van der Waals surface area contributed by atoms with Crippen LogP contribution in [0.15, 0.2) is 0 Å². The van der Waals surface area contributed by atoms with Crippen molar-refractivity contribution in [2.24, 2.45) is 46.3 Å². The first kappa shape index (κ1) is 19.9. The van der Waals surface area contributed by atoms with Crippen molar-refractivity contribution in [3.05, 3.63) is 0 Å². The van der Waals surface area contributed by atoms with E-state index in [1.807, 2.05) is 0 Å². The van der Waals surface area contributed by atoms with E-state index in [0.29, 0.717) is 41.8 Å². The zero-order valence-corrected chi connectivity index (χ0v) is 17.8. The largest absolute Gasteiger partial charge is 0.390 e. The van der Waals surface area contributed by atoms with E-state index >= 15 is 0 Å². The molecular formula is C24H40O3. The van der Waals surface area contributed by atoms with Gasteiger partial charge >= 0.3 is 0 Å². The van der Waals surface area contributed by atoms with Crippen LogP contribution >= 0.6 is 0 Å². The number of hydrogen-bond acceptors (Lipinski definition) is 3. The van der Waals surface area contributed by atoms with Gasteiger partial charge in [-0.15, -0.1) is 0 Å². The zero-order valence-electron chi connectivity index (χ0n) is 17.8. The first-order valence-corrected chi connectivity index (χ1v) is 11.6. The summed E-state index contributed by atoms with van der Waals surface area (Å²) in [5.74, 6) is 3.64. The molecule has 4 aliphatic carbocycles. The molecule has 27 heavy (non-hydrogen) atoms. The highest BCUT2D eigenvalue weighted by Crippen LogP contribution is 2.67. The summed E-state index contributed by atoms with van der Waals surface area (Å²) in [6, 6.07) is 0. The molecule has 3 heteroatoms. The molecule has 4 fully saturated rings. The molecule has 0 unspecified atom stereocenters. The molecule has 0 spiro atoms. The van der Waals surface area contributed by atoms with Crippen LogP contribution < -0.4 is 0 Å². The van der Waals surface area contributed by atoms with Crippen molar-refractivity contribution in [3.63, 3.8) is 0 Å². The Morgan fingerprint density at radius 2 is 1.78 bits per heavy atom. The quantitative estimate of drug-likeness (QED) is 0.757. The Kier molecular flexibility index (Phi) is 5.03. The van der Waals surface area contributed by atoms with E-state index in [0.717, 1.165) is 18.3 Å². The summed E-state index contributed by atoms with van der Waals surface area (Å²) in [4.78, 5) is 13.2. The second-order valence-electron chi connectivity index (χ2n) is 11.2. The standard InChI is InChI=1S/C24H40O3/c1-5-6-14(2)16-7-8-17-15-11-20(25)19-12-21(26)22(27)13-24(19,4)18(15)9-10-23(16,17)3/h14-19,21-22,26-27H,5-13H2,1-4H3/t14-,15+,16-,17+,18+,19-,21+,22-,23-,24-/m1/s1. The second-order valence-corrected chi connectivity index (χ2v) is 11.2. The highest BCUT2D eigenvalue weighted by molar-refractivity contribution is 5.83. The van der Waals surface area contributed by atoms with Crippen LogP contribution in [0.5, 0.6) is 0 Å². The van der Waals surface area contributed by atoms with Gasteiger partial charge in [-0.3, -0.25) is 4.79 Å². The molecule has 154 valence electrons. The number of hydrogen-bond donors (Lipinski definition) is 2. The fourth-order valence-corrected chi connectivity index (χ4v) is 8.70. The maximum absolute atomic E-state index is 13.2. The predicted molar refractivity (Wildman–Crippen MR) is 107 cm³/mol. The van der Waals surface area contributed by atoms with E-state index in [-0.39, 0.29) is 11.3 Å². The van der Waals surface area contributed by atoms with E-state index in [1.165, 1.54) is 38.5 Å². The third-order valence-electron chi connectivity index (χ3n) is 9.98. The Morgan fingerprint density at radius 1 is 1.07 bits per heavy atom. The van der Waals surface area contributed by atoms with Gasteiger partial charge in [-0.05, 0) is 78.9 Å². The van der Waals surface area contributed by atoms with Crippen LogP contribution in [0, 0.1) is 46.3 Å². The Morgan fingerprint density at radius 3 is 2.48 bits per heavy atom. The molecule has 4 rings (SSSR count). The second kappa shape index (κ2) is 6.83. The van der Waals surface area contributed by atoms with Crippen LogP contribution in [0.2, 0.25) is 0 Å². The van der Waals surface area contributed by atoms with Crippen LogP contribution in [0.25, 0.3) is 0 Å². The molecule has 0 saturated heterocycles. The molecule has 0 aromatic carbocycles. The van der Waals surface area contributed by atoms with Gasteiger partial charge in [0.1, 0.15) is 5.78 Å². The zero-order chi connectivity index (χ0) is 19.6. The summed E-state index contributed by atoms with van der Waals surface area (Å²) in [6.07, 6.45) is 8.12. The van der Waals surface area contributed by atoms with Gasteiger partial charge in [0.15, 0.2) is 0 Å². The fraction of sp³-hybridized carbons (Fsp3) is 0.958. The highest BCUT2D eigenvalue weighted by atomic mass is 16.3. The molecule has 4 aliphatic rings. The predicted octanol–water partition coefficient (Wildman–Crippen LogP) is 4.59. The van der Waals surface area contributed by atoms with Crippen LogP contribution in [-0.2, 0) is 4.79 Å². The maximum atomic E-state index is 13.2. The van der Waals surface area contributed by atoms with E-state index in [1.54, 1.807) is 0 Å². The lowest BCUT2D eigenvalue weighted by molar-refractivity contribution is -0.173. The summed E-state index contributed by atoms with van der Waals surface area (Å²) in [6.45, 7) is 9.55. The highest BCUT2D eigenvalue weighted by Gasteiger charge is 2.63. The smallest absolute Gasteiger partial charge is 0.136 e. The molecule has 10 atom stereocenters. The van der Waals surface area contributed by atoms with Crippen LogP contribution in [0.4, 0.5) is 0 Å². The minimum Gasteiger partial charge on any atom is -0.390 e. The molecule has 0 heterocycles. The summed E-state index contributed by atoms with van der Waals surface area (Å²) in [5.41, 5.74) is 0.277. The van der Waals surface area contributed by atoms with Crippen molar-refractivity contribution in [1.29, 1.82) is 0 Å². The number of aliphatic hydroxyl groups excluding tert-OH is 2. The van der Waals surface area contributed by atoms with Gasteiger partial charge in [-0.1, -0.05) is 40.5 Å². The molecule has 0 amide bonds. The minimum atomic E-state index is -0.719. The van der Waals surface area contributed by atoms with Gasteiger partial charge in [0.25, 0.3) is 0 Å². The third-order valence-corrected chi connectivity index (χ3v) is 9.98. The lowest BCUT2D eigenvalue weighted by atomic mass is 9.44. The Hall–Kier alpha value is -0.410. The Balaban J connectivity index is 1.62. The summed E-state index contributed by atoms with van der Waals surface area (Å²) in [5, 5.41) is 20.6. The van der Waals surface area contributed by atoms with Gasteiger partial charge < -0.3 is 10.2 Å². The van der Waals surface area contributed by atoms with Gasteiger partial charge in [0, 0.05) is 12.3 Å². The number of Topliss-reactive ketones (excluding diaryl/α,β-unsaturated/α-hetero) is 1. The molecule has 3 nitrogen and oxygen atoms in total. The monoisotopic (exact) mass is 376 g/mol. The van der Waals surface area contributed by atoms with Gasteiger partial charge in [-0.2, -0.15) is 0 Å². The third kappa shape index (κ3) is 2.86. The SMILES string of the molecule is CCC[C@@H](C)[C@H]1CC[C@H]2[C@@H]3CC(=O)[C@H]4C[C@H](O)[C@H](O)C[C@]4(C)[C@H]3CC[C@]12C. The molecule has 0 aromatic rings. The van der Waals surface area contributed by atoms with Gasteiger partial charge in [0.2, 0.25) is 0 Å². The summed E-state index contributed by atoms with van der Waals surface area (Å²) >= 11 is 0. The number of fused-ring (bicyclic) bond motifs is 5. The lowest BCUT2D eigenvalue weighted by Gasteiger charge is -2.61. The van der Waals surface area contributed by atoms with Crippen molar-refractivity contribution in [2.75, 3.05) is 0 Å². The topological polar surface area (TPSA) is 57.5 Å². The number of carbonyl (C=O) groups excluding carboxylic acids is 1. The van der Waals surface area contributed by atoms with Crippen molar-refractivity contribution < 1.29 is 15.0 Å². The fourth-order valence-electron chi connectivity index (χ4n) is 8.70. The van der Waals surface area contributed by atoms with E-state index < -0.39 is 12.2 Å². The average Bonchev–Trinajstić information content (AvgIpc) is 2.95. The van der Waals surface area contributed by atoms with Crippen molar-refractivity contribution >= 4 is 5.78 Å². The van der Waals surface area contributed by atoms with E-state index in [4.69, 9.17) is 0 Å². The van der Waals surface area contributed by atoms with Gasteiger partial charge in [-0.25, -0.2) is 0 Å². The maximum Gasteiger partial charge on any atom is 0.136 e. The molecule has 2 N–H and O–H groups in total. The first-order valence-electron chi connectivity index (χ1n) is 11.6. The molecule has 0 radical (unpaired) electrons. The van der Waals surface area contributed by atoms with Crippen molar-refractivity contribution in [3.8, 4) is 0 Å². The molecule has 0 bridgehead atoms. The van der Waals surface area contributed by atoms with Crippen LogP contribution in [0.3, 0.4) is 0 Å². The average molecular weight is 377 g/mol. The van der Waals surface area contributed by atoms with Crippen molar-refractivity contribution in [1.82, 2.24) is 0 Å². The number of carbonyl (C=O) groups is 1. The lowest BCUT2D eigenvalue weighted by Crippen LogP contribution is -2.59. The van der Waals surface area contributed by atoms with Crippen molar-refractivity contribution in [2.45, 2.75) is 97.7 Å². The van der Waals surface area contributed by atoms with Crippen LogP contribution in [-0.4, -0.2) is 28.2 Å². The normalized spacial score (nSPS) is 53.4. The first-order chi connectivity index (χ1) is 12.7. The van der Waals surface area contributed by atoms with E-state index in [9.17, 15) is 15.0 Å². The van der Waals surface area contributed by atoms with E-state index in [2.05, 4.69) is 27.7 Å². The summed E-state index contributed by atoms with van der Waals surface area (Å²) in [7, 11) is 0. The number of ketones is 1. The number of aliphatic hydroxyl groups is 2. The Labute approximate surface area is 165 Å². The minimum absolute atomic E-state index is 0.0438. The number of rotatable bonds is 3. The van der Waals surface area contributed by atoms with Crippen LogP contribution in [0.1, 0.15) is 85.5 Å². The molecule has 0 aromatic heterocycles. The molecule has 0 aliphatic heterocycles.